The van der Waals surface area contributed by atoms with E-state index in [0.717, 1.165) is 29.3 Å². The second-order valence-corrected chi connectivity index (χ2v) is 6.71. The van der Waals surface area contributed by atoms with Crippen LogP contribution in [0.2, 0.25) is 0 Å². The highest BCUT2D eigenvalue weighted by Gasteiger charge is 2.26. The van der Waals surface area contributed by atoms with Crippen molar-refractivity contribution in [3.63, 3.8) is 0 Å². The fourth-order valence-corrected chi connectivity index (χ4v) is 3.27. The third-order valence-electron chi connectivity index (χ3n) is 4.78. The van der Waals surface area contributed by atoms with E-state index in [1.54, 1.807) is 4.90 Å². The van der Waals surface area contributed by atoms with E-state index < -0.39 is 0 Å². The van der Waals surface area contributed by atoms with Gasteiger partial charge in [0.2, 0.25) is 0 Å². The number of epoxide rings is 1. The number of para-hydroxylation sites is 2. The Morgan fingerprint density at radius 3 is 2.11 bits per heavy atom. The van der Waals surface area contributed by atoms with Crippen LogP contribution in [0.5, 0.6) is 5.75 Å². The van der Waals surface area contributed by atoms with Gasteiger partial charge in [-0.15, -0.1) is 0 Å². The number of amides is 1. The lowest BCUT2D eigenvalue weighted by molar-refractivity contribution is 0.0998. The standard InChI is InChI=1S/C24H23NO3/c1-2-21-22(14-9-15-23(21)28-17-20-16-27-20)24(26)25(18-10-5-3-6-11-18)19-12-7-4-8-13-19/h3-15,20H,2,16-17H2,1H3. The van der Waals surface area contributed by atoms with Gasteiger partial charge in [0, 0.05) is 22.5 Å². The Hall–Kier alpha value is -3.11. The molecule has 0 aliphatic carbocycles. The first-order valence-electron chi connectivity index (χ1n) is 9.58. The summed E-state index contributed by atoms with van der Waals surface area (Å²) in [5.41, 5.74) is 3.24. The summed E-state index contributed by atoms with van der Waals surface area (Å²) >= 11 is 0. The molecule has 0 aromatic heterocycles. The van der Waals surface area contributed by atoms with E-state index in [9.17, 15) is 4.79 Å². The average Bonchev–Trinajstić information content (AvgIpc) is 3.58. The van der Waals surface area contributed by atoms with Crippen molar-refractivity contribution in [2.45, 2.75) is 19.4 Å². The van der Waals surface area contributed by atoms with Crippen molar-refractivity contribution < 1.29 is 14.3 Å². The molecule has 0 saturated carbocycles. The van der Waals surface area contributed by atoms with Gasteiger partial charge in [0.05, 0.1) is 6.61 Å². The molecule has 1 aliphatic heterocycles. The summed E-state index contributed by atoms with van der Waals surface area (Å²) in [6, 6.07) is 25.1. The number of nitrogens with zero attached hydrogens (tertiary/aromatic N) is 1. The maximum Gasteiger partial charge on any atom is 0.263 e. The van der Waals surface area contributed by atoms with Gasteiger partial charge in [-0.3, -0.25) is 9.69 Å². The van der Waals surface area contributed by atoms with E-state index in [4.69, 9.17) is 9.47 Å². The first-order valence-corrected chi connectivity index (χ1v) is 9.58. The molecule has 3 aromatic rings. The molecule has 4 nitrogen and oxygen atoms in total. The van der Waals surface area contributed by atoms with Crippen LogP contribution in [-0.2, 0) is 11.2 Å². The number of rotatable bonds is 7. The Kier molecular flexibility index (Phi) is 5.40. The predicted molar refractivity (Wildman–Crippen MR) is 110 cm³/mol. The fraction of sp³-hybridized carbons (Fsp3) is 0.208. The average molecular weight is 373 g/mol. The zero-order valence-electron chi connectivity index (χ0n) is 15.9. The number of anilines is 2. The molecular formula is C24H23NO3. The van der Waals surface area contributed by atoms with Crippen LogP contribution in [0.3, 0.4) is 0 Å². The van der Waals surface area contributed by atoms with Gasteiger partial charge < -0.3 is 9.47 Å². The molecule has 1 heterocycles. The van der Waals surface area contributed by atoms with Crippen molar-refractivity contribution in [1.29, 1.82) is 0 Å². The molecule has 1 atom stereocenters. The lowest BCUT2D eigenvalue weighted by atomic mass is 10.0. The summed E-state index contributed by atoms with van der Waals surface area (Å²) in [7, 11) is 0. The van der Waals surface area contributed by atoms with Crippen molar-refractivity contribution in [3.05, 3.63) is 90.0 Å². The number of benzene rings is 3. The quantitative estimate of drug-likeness (QED) is 0.547. The van der Waals surface area contributed by atoms with E-state index in [-0.39, 0.29) is 12.0 Å². The molecule has 4 rings (SSSR count). The van der Waals surface area contributed by atoms with E-state index in [0.29, 0.717) is 18.6 Å². The normalized spacial score (nSPS) is 15.1. The Bertz CT molecular complexity index is 897. The summed E-state index contributed by atoms with van der Waals surface area (Å²) in [6.07, 6.45) is 0.884. The molecule has 0 radical (unpaired) electrons. The third kappa shape index (κ3) is 3.92. The fourth-order valence-electron chi connectivity index (χ4n) is 3.27. The molecule has 4 heteroatoms. The Morgan fingerprint density at radius 1 is 0.964 bits per heavy atom. The Morgan fingerprint density at radius 2 is 1.57 bits per heavy atom. The number of carbonyl (C=O) groups excluding carboxylic acids is 1. The van der Waals surface area contributed by atoms with Gasteiger partial charge in [-0.25, -0.2) is 0 Å². The lowest BCUT2D eigenvalue weighted by Gasteiger charge is -2.25. The highest BCUT2D eigenvalue weighted by molar-refractivity contribution is 6.12. The van der Waals surface area contributed by atoms with Crippen LogP contribution >= 0.6 is 0 Å². The number of hydrogen-bond acceptors (Lipinski definition) is 3. The lowest BCUT2D eigenvalue weighted by Crippen LogP contribution is -2.27. The van der Waals surface area contributed by atoms with E-state index in [2.05, 4.69) is 0 Å². The van der Waals surface area contributed by atoms with Crippen molar-refractivity contribution in [2.75, 3.05) is 18.1 Å². The summed E-state index contributed by atoms with van der Waals surface area (Å²) in [5.74, 6) is 0.687. The maximum atomic E-state index is 13.7. The van der Waals surface area contributed by atoms with Gasteiger partial charge in [0.25, 0.3) is 5.91 Å². The van der Waals surface area contributed by atoms with Gasteiger partial charge >= 0.3 is 0 Å². The highest BCUT2D eigenvalue weighted by atomic mass is 16.6. The molecule has 142 valence electrons. The number of ether oxygens (including phenoxy) is 2. The van der Waals surface area contributed by atoms with Crippen LogP contribution in [0.15, 0.2) is 78.9 Å². The van der Waals surface area contributed by atoms with Gasteiger partial charge in [0.1, 0.15) is 18.5 Å². The molecule has 28 heavy (non-hydrogen) atoms. The predicted octanol–water partition coefficient (Wildman–Crippen LogP) is 5.01. The minimum absolute atomic E-state index is 0.0672. The summed E-state index contributed by atoms with van der Waals surface area (Å²) in [5, 5.41) is 0. The molecular weight excluding hydrogens is 350 g/mol. The van der Waals surface area contributed by atoms with Crippen molar-refractivity contribution >= 4 is 17.3 Å². The molecule has 1 aliphatic rings. The van der Waals surface area contributed by atoms with Gasteiger partial charge in [-0.05, 0) is 42.8 Å². The van der Waals surface area contributed by atoms with Gasteiger partial charge in [-0.2, -0.15) is 0 Å². The topological polar surface area (TPSA) is 42.1 Å². The van der Waals surface area contributed by atoms with Gasteiger partial charge in [-0.1, -0.05) is 49.4 Å². The molecule has 1 fully saturated rings. The highest BCUT2D eigenvalue weighted by Crippen LogP contribution is 2.31. The molecule has 0 bridgehead atoms. The van der Waals surface area contributed by atoms with Crippen molar-refractivity contribution in [1.82, 2.24) is 0 Å². The van der Waals surface area contributed by atoms with Crippen LogP contribution in [0.25, 0.3) is 0 Å². The summed E-state index contributed by atoms with van der Waals surface area (Å²) in [6.45, 7) is 3.31. The van der Waals surface area contributed by atoms with Crippen LogP contribution in [0, 0.1) is 0 Å². The first-order chi connectivity index (χ1) is 13.8. The van der Waals surface area contributed by atoms with Crippen molar-refractivity contribution in [3.8, 4) is 5.75 Å². The molecule has 0 N–H and O–H groups in total. The van der Waals surface area contributed by atoms with Crippen LogP contribution in [0.4, 0.5) is 11.4 Å². The first kappa shape index (κ1) is 18.3. The van der Waals surface area contributed by atoms with Crippen molar-refractivity contribution in [2.24, 2.45) is 0 Å². The van der Waals surface area contributed by atoms with Crippen LogP contribution in [0.1, 0.15) is 22.8 Å². The Balaban J connectivity index is 1.73. The largest absolute Gasteiger partial charge is 0.490 e. The van der Waals surface area contributed by atoms with Crippen LogP contribution in [-0.4, -0.2) is 25.2 Å². The zero-order chi connectivity index (χ0) is 19.3. The SMILES string of the molecule is CCc1c(OCC2CO2)cccc1C(=O)N(c1ccccc1)c1ccccc1. The number of carbonyl (C=O) groups is 1. The second kappa shape index (κ2) is 8.28. The zero-order valence-corrected chi connectivity index (χ0v) is 15.9. The number of hydrogen-bond donors (Lipinski definition) is 0. The molecule has 1 unspecified atom stereocenters. The van der Waals surface area contributed by atoms with E-state index in [1.165, 1.54) is 0 Å². The molecule has 1 saturated heterocycles. The van der Waals surface area contributed by atoms with Gasteiger partial charge in [0.15, 0.2) is 0 Å². The molecule has 1 amide bonds. The summed E-state index contributed by atoms with van der Waals surface area (Å²) < 4.78 is 11.2. The molecule has 0 spiro atoms. The Labute approximate surface area is 165 Å². The smallest absolute Gasteiger partial charge is 0.263 e. The summed E-state index contributed by atoms with van der Waals surface area (Å²) in [4.78, 5) is 15.4. The van der Waals surface area contributed by atoms with E-state index in [1.807, 2.05) is 85.8 Å². The van der Waals surface area contributed by atoms with E-state index >= 15 is 0 Å². The minimum atomic E-state index is -0.0672. The maximum absolute atomic E-state index is 13.7. The van der Waals surface area contributed by atoms with Crippen LogP contribution < -0.4 is 9.64 Å². The third-order valence-corrected chi connectivity index (χ3v) is 4.78. The monoisotopic (exact) mass is 373 g/mol. The minimum Gasteiger partial charge on any atom is -0.490 e. The second-order valence-electron chi connectivity index (χ2n) is 6.71. The molecule has 3 aromatic carbocycles.